The monoisotopic (exact) mass is 438 g/mol. The summed E-state index contributed by atoms with van der Waals surface area (Å²) in [4.78, 5) is 20.2. The molecule has 1 fully saturated rings. The highest BCUT2D eigenvalue weighted by atomic mass is 15.4. The lowest BCUT2D eigenvalue weighted by atomic mass is 10.1. The molecule has 2 N–H and O–H groups in total. The first kappa shape index (κ1) is 20.8. The first-order valence-electron chi connectivity index (χ1n) is 11.3. The van der Waals surface area contributed by atoms with E-state index in [4.69, 9.17) is 0 Å². The van der Waals surface area contributed by atoms with E-state index in [9.17, 15) is 0 Å². The molecule has 1 aliphatic heterocycles. The van der Waals surface area contributed by atoms with Gasteiger partial charge in [-0.15, -0.1) is 0 Å². The van der Waals surface area contributed by atoms with E-state index in [0.717, 1.165) is 47.8 Å². The molecule has 2 aromatic carbocycles. The van der Waals surface area contributed by atoms with E-state index < -0.39 is 0 Å². The van der Waals surface area contributed by atoms with Gasteiger partial charge in [0, 0.05) is 43.0 Å². The lowest BCUT2D eigenvalue weighted by Crippen LogP contribution is -2.31. The van der Waals surface area contributed by atoms with Gasteiger partial charge < -0.3 is 10.2 Å². The summed E-state index contributed by atoms with van der Waals surface area (Å²) in [6.45, 7) is 2.54. The Hall–Kier alpha value is -4.07. The van der Waals surface area contributed by atoms with Gasteiger partial charge in [0.2, 0.25) is 17.8 Å². The molecule has 0 saturated carbocycles. The van der Waals surface area contributed by atoms with Gasteiger partial charge in [0.1, 0.15) is 0 Å². The molecule has 4 aromatic rings. The van der Waals surface area contributed by atoms with Crippen molar-refractivity contribution in [3.05, 3.63) is 78.1 Å². The maximum absolute atomic E-state index is 4.67. The van der Waals surface area contributed by atoms with Gasteiger partial charge in [-0.25, -0.2) is 5.43 Å². The third-order valence-electron chi connectivity index (χ3n) is 5.64. The van der Waals surface area contributed by atoms with Crippen LogP contribution in [0.25, 0.3) is 10.8 Å². The number of fused-ring (bicyclic) bond motifs is 1. The summed E-state index contributed by atoms with van der Waals surface area (Å²) in [6, 6.07) is 18.2. The molecule has 3 heterocycles. The van der Waals surface area contributed by atoms with Gasteiger partial charge in [-0.1, -0.05) is 48.5 Å². The van der Waals surface area contributed by atoms with Crippen molar-refractivity contribution in [1.82, 2.24) is 19.9 Å². The number of nitrogens with zero attached hydrogens (tertiary/aromatic N) is 6. The van der Waals surface area contributed by atoms with Gasteiger partial charge in [-0.3, -0.25) is 4.98 Å². The number of nitrogens with one attached hydrogen (secondary N) is 2. The van der Waals surface area contributed by atoms with Gasteiger partial charge >= 0.3 is 0 Å². The molecule has 2 aromatic heterocycles. The number of hydrogen-bond acceptors (Lipinski definition) is 8. The van der Waals surface area contributed by atoms with Crippen LogP contribution in [0.4, 0.5) is 17.8 Å². The molecule has 0 amide bonds. The maximum atomic E-state index is 4.67. The molecule has 0 unspecified atom stereocenters. The number of pyridine rings is 1. The van der Waals surface area contributed by atoms with Gasteiger partial charge in [0.05, 0.1) is 6.21 Å². The number of anilines is 3. The highest BCUT2D eigenvalue weighted by molar-refractivity contribution is 5.99. The summed E-state index contributed by atoms with van der Waals surface area (Å²) in [5, 5.41) is 9.90. The van der Waals surface area contributed by atoms with Crippen molar-refractivity contribution >= 4 is 34.8 Å². The Morgan fingerprint density at radius 1 is 0.879 bits per heavy atom. The third-order valence-corrected chi connectivity index (χ3v) is 5.64. The minimum Gasteiger partial charge on any atom is -0.350 e. The quantitative estimate of drug-likeness (QED) is 0.325. The Morgan fingerprint density at radius 2 is 1.73 bits per heavy atom. The van der Waals surface area contributed by atoms with Gasteiger partial charge in [0.25, 0.3) is 0 Å². The minimum absolute atomic E-state index is 0.416. The van der Waals surface area contributed by atoms with Crippen LogP contribution in [0.1, 0.15) is 30.4 Å². The average Bonchev–Trinajstić information content (AvgIpc) is 2.89. The van der Waals surface area contributed by atoms with Crippen molar-refractivity contribution < 1.29 is 0 Å². The molecule has 1 aliphatic rings. The van der Waals surface area contributed by atoms with Crippen LogP contribution in [0.3, 0.4) is 0 Å². The second-order valence-corrected chi connectivity index (χ2v) is 7.98. The molecule has 5 rings (SSSR count). The predicted octanol–water partition coefficient (Wildman–Crippen LogP) is 4.47. The van der Waals surface area contributed by atoms with Crippen molar-refractivity contribution in [2.24, 2.45) is 5.10 Å². The van der Waals surface area contributed by atoms with E-state index in [2.05, 4.69) is 52.8 Å². The van der Waals surface area contributed by atoms with Crippen LogP contribution in [-0.2, 0) is 6.54 Å². The molecule has 8 nitrogen and oxygen atoms in total. The Morgan fingerprint density at radius 3 is 2.61 bits per heavy atom. The summed E-state index contributed by atoms with van der Waals surface area (Å²) in [5.41, 5.74) is 5.16. The first-order valence-corrected chi connectivity index (χ1v) is 11.3. The molecule has 0 radical (unpaired) electrons. The fourth-order valence-corrected chi connectivity index (χ4v) is 3.93. The van der Waals surface area contributed by atoms with Crippen LogP contribution in [0.5, 0.6) is 0 Å². The smallest absolute Gasteiger partial charge is 0.250 e. The second-order valence-electron chi connectivity index (χ2n) is 7.98. The average molecular weight is 439 g/mol. The number of piperidine rings is 1. The molecule has 0 bridgehead atoms. The zero-order valence-corrected chi connectivity index (χ0v) is 18.4. The second kappa shape index (κ2) is 10.0. The van der Waals surface area contributed by atoms with Crippen LogP contribution in [0, 0.1) is 0 Å². The highest BCUT2D eigenvalue weighted by Crippen LogP contribution is 2.19. The van der Waals surface area contributed by atoms with Gasteiger partial charge in [0.15, 0.2) is 0 Å². The minimum atomic E-state index is 0.416. The van der Waals surface area contributed by atoms with E-state index >= 15 is 0 Å². The van der Waals surface area contributed by atoms with Crippen LogP contribution < -0.4 is 15.6 Å². The van der Waals surface area contributed by atoms with Crippen molar-refractivity contribution in [3.63, 3.8) is 0 Å². The first-order chi connectivity index (χ1) is 16.3. The third kappa shape index (κ3) is 5.23. The normalized spacial score (nSPS) is 14.0. The molecule has 0 atom stereocenters. The van der Waals surface area contributed by atoms with Gasteiger partial charge in [-0.05, 0) is 36.3 Å². The van der Waals surface area contributed by atoms with E-state index in [1.54, 1.807) is 12.4 Å². The topological polar surface area (TPSA) is 91.2 Å². The van der Waals surface area contributed by atoms with Crippen molar-refractivity contribution in [2.75, 3.05) is 28.7 Å². The number of rotatable bonds is 7. The predicted molar refractivity (Wildman–Crippen MR) is 133 cm³/mol. The summed E-state index contributed by atoms with van der Waals surface area (Å²) >= 11 is 0. The number of hydrogen-bond donors (Lipinski definition) is 2. The Labute approximate surface area is 192 Å². The molecule has 166 valence electrons. The molecular formula is C25H26N8. The lowest BCUT2D eigenvalue weighted by molar-refractivity contribution is 0.568. The van der Waals surface area contributed by atoms with E-state index in [-0.39, 0.29) is 0 Å². The molecule has 8 heteroatoms. The number of benzene rings is 2. The van der Waals surface area contributed by atoms with Gasteiger partial charge in [-0.2, -0.15) is 20.1 Å². The Kier molecular flexibility index (Phi) is 6.33. The van der Waals surface area contributed by atoms with Crippen molar-refractivity contribution in [3.8, 4) is 0 Å². The van der Waals surface area contributed by atoms with Crippen LogP contribution >= 0.6 is 0 Å². The van der Waals surface area contributed by atoms with Crippen LogP contribution in [0.2, 0.25) is 0 Å². The maximum Gasteiger partial charge on any atom is 0.250 e. The number of aromatic nitrogens is 4. The highest BCUT2D eigenvalue weighted by Gasteiger charge is 2.16. The van der Waals surface area contributed by atoms with Crippen LogP contribution in [-0.4, -0.2) is 39.2 Å². The lowest BCUT2D eigenvalue weighted by Gasteiger charge is -2.26. The zero-order chi connectivity index (χ0) is 22.3. The van der Waals surface area contributed by atoms with Crippen LogP contribution in [0.15, 0.2) is 72.1 Å². The summed E-state index contributed by atoms with van der Waals surface area (Å²) in [6.07, 6.45) is 8.96. The van der Waals surface area contributed by atoms with E-state index in [0.29, 0.717) is 24.4 Å². The number of hydrazone groups is 1. The SMILES string of the molecule is C(=N\Nc1nc(NCc2ccccc2)nc(N2CCCCC2)n1)/c1cccc2cnccc12. The Bertz CT molecular complexity index is 1230. The molecule has 0 aliphatic carbocycles. The fourth-order valence-electron chi connectivity index (χ4n) is 3.93. The fraction of sp³-hybridized carbons (Fsp3) is 0.240. The van der Waals surface area contributed by atoms with E-state index in [1.807, 2.05) is 48.7 Å². The van der Waals surface area contributed by atoms with Crippen molar-refractivity contribution in [2.45, 2.75) is 25.8 Å². The molecule has 0 spiro atoms. The summed E-state index contributed by atoms with van der Waals surface area (Å²) < 4.78 is 0. The zero-order valence-electron chi connectivity index (χ0n) is 18.4. The summed E-state index contributed by atoms with van der Waals surface area (Å²) in [7, 11) is 0. The summed E-state index contributed by atoms with van der Waals surface area (Å²) in [5.74, 6) is 1.62. The molecule has 1 saturated heterocycles. The largest absolute Gasteiger partial charge is 0.350 e. The molecule has 33 heavy (non-hydrogen) atoms. The van der Waals surface area contributed by atoms with E-state index in [1.165, 1.54) is 6.42 Å². The standard InChI is InChI=1S/C25H26N8/c1-3-8-19(9-4-1)16-27-23-29-24(31-25(30-23)33-14-5-2-6-15-33)32-28-18-21-11-7-10-20-17-26-13-12-22(20)21/h1,3-4,7-13,17-18H,2,5-6,14-16H2,(H2,27,29,30,31,32)/b28-18+. The Balaban J connectivity index is 1.37. The van der Waals surface area contributed by atoms with Crippen molar-refractivity contribution in [1.29, 1.82) is 0 Å². The molecular weight excluding hydrogens is 412 g/mol.